The Kier molecular flexibility index (Phi) is 2.56. The van der Waals surface area contributed by atoms with Crippen LogP contribution in [0.1, 0.15) is 0 Å². The molecule has 1 aromatic rings. The van der Waals surface area contributed by atoms with Crippen LogP contribution in [0.4, 0.5) is 5.69 Å². The van der Waals surface area contributed by atoms with Gasteiger partial charge in [0.15, 0.2) is 0 Å². The summed E-state index contributed by atoms with van der Waals surface area (Å²) < 4.78 is 1.61. The molecule has 0 fully saturated rings. The third-order valence-electron chi connectivity index (χ3n) is 1.04. The van der Waals surface area contributed by atoms with Crippen molar-refractivity contribution in [3.63, 3.8) is 0 Å². The van der Waals surface area contributed by atoms with E-state index in [2.05, 4.69) is 32.3 Å². The molecule has 0 radical (unpaired) electrons. The Hall–Kier alpha value is -0.220. The molecule has 1 N–H and O–H groups in total. The summed E-state index contributed by atoms with van der Waals surface area (Å²) in [7, 11) is 0. The van der Waals surface area contributed by atoms with Crippen molar-refractivity contribution in [1.82, 2.24) is 0 Å². The molecule has 54 valence electrons. The van der Waals surface area contributed by atoms with Gasteiger partial charge in [-0.3, -0.25) is 0 Å². The second kappa shape index (κ2) is 3.25. The lowest BCUT2D eigenvalue weighted by Crippen LogP contribution is -1.87. The predicted molar refractivity (Wildman–Crippen MR) is 48.4 cm³/mol. The fourth-order valence-corrected chi connectivity index (χ4v) is 1.04. The normalized spacial score (nSPS) is 9.40. The van der Waals surface area contributed by atoms with Crippen LogP contribution in [0.25, 0.3) is 0 Å². The first kappa shape index (κ1) is 7.88. The fraction of sp³-hybridized carbons (Fsp3) is 0. The summed E-state index contributed by atoms with van der Waals surface area (Å²) in [6.07, 6.45) is 0. The summed E-state index contributed by atoms with van der Waals surface area (Å²) >= 11 is 6.35. The number of phenolic OH excluding ortho intramolecular Hbond substituents is 1. The molecule has 0 bridgehead atoms. The molecule has 0 amide bonds. The first-order valence-electron chi connectivity index (χ1n) is 2.61. The zero-order valence-electron chi connectivity index (χ0n) is 4.96. The SMILES string of the molecule is Oc1ccc(N(Br)Br)cc1. The molecule has 1 aromatic carbocycles. The number of anilines is 1. The van der Waals surface area contributed by atoms with Crippen LogP contribution < -0.4 is 2.95 Å². The molecule has 0 aliphatic carbocycles. The Bertz CT molecular complexity index is 209. The van der Waals surface area contributed by atoms with E-state index in [0.717, 1.165) is 5.69 Å². The van der Waals surface area contributed by atoms with Gasteiger partial charge in [0.25, 0.3) is 0 Å². The summed E-state index contributed by atoms with van der Waals surface area (Å²) in [4.78, 5) is 0. The number of halogens is 2. The number of benzene rings is 1. The van der Waals surface area contributed by atoms with E-state index in [-0.39, 0.29) is 5.75 Å². The fourth-order valence-electron chi connectivity index (χ4n) is 0.565. The maximum atomic E-state index is 8.89. The van der Waals surface area contributed by atoms with Gasteiger partial charge in [0, 0.05) is 0 Å². The van der Waals surface area contributed by atoms with E-state index >= 15 is 0 Å². The molecule has 0 atom stereocenters. The molecule has 0 aromatic heterocycles. The third kappa shape index (κ3) is 1.88. The largest absolute Gasteiger partial charge is 0.508 e. The van der Waals surface area contributed by atoms with E-state index in [0.29, 0.717) is 0 Å². The topological polar surface area (TPSA) is 23.5 Å². The Labute approximate surface area is 76.1 Å². The van der Waals surface area contributed by atoms with Gasteiger partial charge < -0.3 is 5.11 Å². The number of aromatic hydroxyl groups is 1. The van der Waals surface area contributed by atoms with Crippen molar-refractivity contribution < 1.29 is 5.11 Å². The summed E-state index contributed by atoms with van der Waals surface area (Å²) in [6, 6.07) is 6.79. The standard InChI is InChI=1S/C6H5Br2NO/c7-9(8)5-1-3-6(10)4-2-5/h1-4,10H. The molecule has 0 aliphatic rings. The van der Waals surface area contributed by atoms with Crippen LogP contribution in [0, 0.1) is 0 Å². The number of hydrogen-bond acceptors (Lipinski definition) is 2. The van der Waals surface area contributed by atoms with E-state index in [1.165, 1.54) is 0 Å². The van der Waals surface area contributed by atoms with Crippen LogP contribution in [0.2, 0.25) is 0 Å². The van der Waals surface area contributed by atoms with Gasteiger partial charge in [-0.2, -0.15) is 0 Å². The number of hydrogen-bond donors (Lipinski definition) is 1. The number of rotatable bonds is 1. The van der Waals surface area contributed by atoms with Crippen molar-refractivity contribution >= 4 is 38.0 Å². The minimum atomic E-state index is 0.269. The lowest BCUT2D eigenvalue weighted by Gasteiger charge is -2.04. The molecule has 0 spiro atoms. The molecule has 10 heavy (non-hydrogen) atoms. The van der Waals surface area contributed by atoms with Gasteiger partial charge >= 0.3 is 0 Å². The Balaban J connectivity index is 2.89. The van der Waals surface area contributed by atoms with Gasteiger partial charge in [-0.15, -0.1) is 0 Å². The minimum absolute atomic E-state index is 0.269. The van der Waals surface area contributed by atoms with E-state index in [1.807, 2.05) is 0 Å². The second-order valence-electron chi connectivity index (χ2n) is 1.75. The van der Waals surface area contributed by atoms with Crippen LogP contribution in [-0.2, 0) is 0 Å². The van der Waals surface area contributed by atoms with Crippen molar-refractivity contribution in [3.8, 4) is 5.75 Å². The molecule has 0 saturated carbocycles. The first-order valence-corrected chi connectivity index (χ1v) is 4.03. The second-order valence-corrected chi connectivity index (χ2v) is 4.12. The number of phenols is 1. The van der Waals surface area contributed by atoms with E-state index in [1.54, 1.807) is 27.2 Å². The Morgan fingerprint density at radius 1 is 1.10 bits per heavy atom. The maximum absolute atomic E-state index is 8.89. The minimum Gasteiger partial charge on any atom is -0.508 e. The van der Waals surface area contributed by atoms with E-state index in [4.69, 9.17) is 5.11 Å². The van der Waals surface area contributed by atoms with Gasteiger partial charge in [-0.25, -0.2) is 2.95 Å². The van der Waals surface area contributed by atoms with Gasteiger partial charge in [0.1, 0.15) is 5.75 Å². The lowest BCUT2D eigenvalue weighted by molar-refractivity contribution is 0.475. The summed E-state index contributed by atoms with van der Waals surface area (Å²) in [6.45, 7) is 0. The molecular weight excluding hydrogens is 262 g/mol. The molecule has 0 unspecified atom stereocenters. The monoisotopic (exact) mass is 265 g/mol. The Morgan fingerprint density at radius 3 is 2.00 bits per heavy atom. The number of nitrogens with zero attached hydrogens (tertiary/aromatic N) is 1. The van der Waals surface area contributed by atoms with Gasteiger partial charge in [-0.05, 0) is 24.3 Å². The predicted octanol–water partition coefficient (Wildman–Crippen LogP) is 2.82. The van der Waals surface area contributed by atoms with Crippen LogP contribution in [-0.4, -0.2) is 5.11 Å². The molecule has 0 saturated heterocycles. The summed E-state index contributed by atoms with van der Waals surface area (Å²) in [5, 5.41) is 8.89. The maximum Gasteiger partial charge on any atom is 0.115 e. The van der Waals surface area contributed by atoms with Gasteiger partial charge in [0.05, 0.1) is 38.0 Å². The molecular formula is C6H5Br2NO. The Morgan fingerprint density at radius 2 is 1.60 bits per heavy atom. The van der Waals surface area contributed by atoms with Crippen LogP contribution in [0.3, 0.4) is 0 Å². The van der Waals surface area contributed by atoms with Crippen molar-refractivity contribution in [2.75, 3.05) is 2.95 Å². The molecule has 0 heterocycles. The van der Waals surface area contributed by atoms with Crippen molar-refractivity contribution in [2.45, 2.75) is 0 Å². The zero-order valence-corrected chi connectivity index (χ0v) is 8.13. The highest BCUT2D eigenvalue weighted by molar-refractivity contribution is 9.25. The third-order valence-corrected chi connectivity index (χ3v) is 1.86. The van der Waals surface area contributed by atoms with Crippen molar-refractivity contribution in [3.05, 3.63) is 24.3 Å². The smallest absolute Gasteiger partial charge is 0.115 e. The van der Waals surface area contributed by atoms with Crippen molar-refractivity contribution in [1.29, 1.82) is 0 Å². The van der Waals surface area contributed by atoms with E-state index < -0.39 is 0 Å². The van der Waals surface area contributed by atoms with Gasteiger partial charge in [-0.1, -0.05) is 0 Å². The van der Waals surface area contributed by atoms with Crippen LogP contribution in [0.5, 0.6) is 5.75 Å². The van der Waals surface area contributed by atoms with Crippen molar-refractivity contribution in [2.24, 2.45) is 0 Å². The molecule has 1 rings (SSSR count). The molecule has 2 nitrogen and oxygen atoms in total. The zero-order chi connectivity index (χ0) is 7.56. The lowest BCUT2D eigenvalue weighted by atomic mass is 10.3. The molecule has 0 aliphatic heterocycles. The average Bonchev–Trinajstić information content (AvgIpc) is 1.88. The summed E-state index contributed by atoms with van der Waals surface area (Å²) in [5.74, 6) is 0.269. The van der Waals surface area contributed by atoms with Gasteiger partial charge in [0.2, 0.25) is 0 Å². The average molecular weight is 267 g/mol. The highest BCUT2D eigenvalue weighted by Gasteiger charge is 1.95. The van der Waals surface area contributed by atoms with Crippen LogP contribution >= 0.6 is 32.3 Å². The summed E-state index contributed by atoms with van der Waals surface area (Å²) in [5.41, 5.74) is 0.929. The highest BCUT2D eigenvalue weighted by atomic mass is 79.9. The van der Waals surface area contributed by atoms with Crippen LogP contribution in [0.15, 0.2) is 24.3 Å². The highest BCUT2D eigenvalue weighted by Crippen LogP contribution is 2.23. The molecule has 4 heteroatoms. The van der Waals surface area contributed by atoms with E-state index in [9.17, 15) is 0 Å². The quantitative estimate of drug-likeness (QED) is 0.791. The first-order chi connectivity index (χ1) is 4.70.